The number of ether oxygens (including phenoxy) is 1. The highest BCUT2D eigenvalue weighted by Crippen LogP contribution is 2.31. The lowest BCUT2D eigenvalue weighted by molar-refractivity contribution is 0.0936. The maximum Gasteiger partial charge on any atom is 0.255 e. The SMILES string of the molecule is O=C(CC1CCC1)c1ccc2c(c1)C(=O)NCCO2. The fourth-order valence-corrected chi connectivity index (χ4v) is 2.50. The van der Waals surface area contributed by atoms with Gasteiger partial charge in [0.15, 0.2) is 5.78 Å². The molecule has 1 aliphatic heterocycles. The van der Waals surface area contributed by atoms with Crippen molar-refractivity contribution in [2.75, 3.05) is 13.2 Å². The summed E-state index contributed by atoms with van der Waals surface area (Å²) in [4.78, 5) is 24.0. The van der Waals surface area contributed by atoms with E-state index in [1.54, 1.807) is 18.2 Å². The lowest BCUT2D eigenvalue weighted by atomic mass is 9.81. The minimum Gasteiger partial charge on any atom is -0.491 e. The molecule has 2 aliphatic rings. The molecule has 1 N–H and O–H groups in total. The summed E-state index contributed by atoms with van der Waals surface area (Å²) in [5.74, 6) is 1.07. The summed E-state index contributed by atoms with van der Waals surface area (Å²) in [5, 5.41) is 2.75. The number of benzene rings is 1. The summed E-state index contributed by atoms with van der Waals surface area (Å²) >= 11 is 0. The van der Waals surface area contributed by atoms with Crippen molar-refractivity contribution >= 4 is 11.7 Å². The van der Waals surface area contributed by atoms with Crippen molar-refractivity contribution in [3.63, 3.8) is 0 Å². The third-order valence-corrected chi connectivity index (χ3v) is 3.89. The standard InChI is InChI=1S/C15H17NO3/c17-13(8-10-2-1-3-10)11-4-5-14-12(9-11)15(18)16-6-7-19-14/h4-5,9-10H,1-3,6-8H2,(H,16,18). The number of ketones is 1. The van der Waals surface area contributed by atoms with E-state index in [0.717, 1.165) is 12.8 Å². The van der Waals surface area contributed by atoms with Gasteiger partial charge in [0.05, 0.1) is 12.1 Å². The normalized spacial score (nSPS) is 18.6. The summed E-state index contributed by atoms with van der Waals surface area (Å²) in [6, 6.07) is 5.16. The van der Waals surface area contributed by atoms with Gasteiger partial charge < -0.3 is 10.1 Å². The van der Waals surface area contributed by atoms with E-state index >= 15 is 0 Å². The molecule has 1 aromatic rings. The predicted molar refractivity (Wildman–Crippen MR) is 70.6 cm³/mol. The Hall–Kier alpha value is -1.84. The maximum absolute atomic E-state index is 12.2. The fraction of sp³-hybridized carbons (Fsp3) is 0.467. The molecule has 0 saturated heterocycles. The fourth-order valence-electron chi connectivity index (χ4n) is 2.50. The van der Waals surface area contributed by atoms with E-state index in [4.69, 9.17) is 4.74 Å². The zero-order chi connectivity index (χ0) is 13.2. The van der Waals surface area contributed by atoms with Gasteiger partial charge >= 0.3 is 0 Å². The van der Waals surface area contributed by atoms with Crippen molar-refractivity contribution in [2.45, 2.75) is 25.7 Å². The Kier molecular flexibility index (Phi) is 3.23. The van der Waals surface area contributed by atoms with Gasteiger partial charge in [0.25, 0.3) is 5.91 Å². The van der Waals surface area contributed by atoms with Gasteiger partial charge in [-0.3, -0.25) is 9.59 Å². The molecule has 1 fully saturated rings. The smallest absolute Gasteiger partial charge is 0.255 e. The van der Waals surface area contributed by atoms with Crippen molar-refractivity contribution in [3.05, 3.63) is 29.3 Å². The van der Waals surface area contributed by atoms with E-state index in [2.05, 4.69) is 5.32 Å². The van der Waals surface area contributed by atoms with Crippen LogP contribution in [0.5, 0.6) is 5.75 Å². The average molecular weight is 259 g/mol. The Morgan fingerprint density at radius 1 is 1.37 bits per heavy atom. The Morgan fingerprint density at radius 3 is 2.95 bits per heavy atom. The molecule has 3 rings (SSSR count). The van der Waals surface area contributed by atoms with Gasteiger partial charge in [-0.15, -0.1) is 0 Å². The van der Waals surface area contributed by atoms with Gasteiger partial charge in [0.2, 0.25) is 0 Å². The summed E-state index contributed by atoms with van der Waals surface area (Å²) in [6.07, 6.45) is 4.14. The maximum atomic E-state index is 12.2. The molecule has 0 bridgehead atoms. The van der Waals surface area contributed by atoms with Gasteiger partial charge in [-0.05, 0) is 24.1 Å². The highest BCUT2D eigenvalue weighted by atomic mass is 16.5. The van der Waals surface area contributed by atoms with Crippen LogP contribution in [-0.2, 0) is 0 Å². The van der Waals surface area contributed by atoms with E-state index in [-0.39, 0.29) is 11.7 Å². The monoisotopic (exact) mass is 259 g/mol. The van der Waals surface area contributed by atoms with Crippen LogP contribution in [0.2, 0.25) is 0 Å². The summed E-state index contributed by atoms with van der Waals surface area (Å²) in [6.45, 7) is 0.965. The number of hydrogen-bond donors (Lipinski definition) is 1. The number of fused-ring (bicyclic) bond motifs is 1. The number of amides is 1. The number of carbonyl (C=O) groups is 2. The number of nitrogens with one attached hydrogen (secondary N) is 1. The van der Waals surface area contributed by atoms with Crippen molar-refractivity contribution < 1.29 is 14.3 Å². The second-order valence-electron chi connectivity index (χ2n) is 5.24. The van der Waals surface area contributed by atoms with Crippen LogP contribution in [0, 0.1) is 5.92 Å². The first-order valence-corrected chi connectivity index (χ1v) is 6.82. The zero-order valence-electron chi connectivity index (χ0n) is 10.8. The average Bonchev–Trinajstić information content (AvgIpc) is 2.55. The van der Waals surface area contributed by atoms with Crippen LogP contribution in [-0.4, -0.2) is 24.8 Å². The third kappa shape index (κ3) is 2.48. The molecule has 0 radical (unpaired) electrons. The van der Waals surface area contributed by atoms with E-state index in [1.807, 2.05) is 0 Å². The Labute approximate surface area is 112 Å². The lowest BCUT2D eigenvalue weighted by Crippen LogP contribution is -2.24. The minimum atomic E-state index is -0.161. The van der Waals surface area contributed by atoms with Crippen LogP contribution in [0.4, 0.5) is 0 Å². The number of hydrogen-bond acceptors (Lipinski definition) is 3. The van der Waals surface area contributed by atoms with Crippen LogP contribution in [0.3, 0.4) is 0 Å². The molecule has 1 amide bonds. The van der Waals surface area contributed by atoms with Crippen LogP contribution < -0.4 is 10.1 Å². The third-order valence-electron chi connectivity index (χ3n) is 3.89. The summed E-state index contributed by atoms with van der Waals surface area (Å²) in [5.41, 5.74) is 1.09. The van der Waals surface area contributed by atoms with Gasteiger partial charge in [-0.1, -0.05) is 19.3 Å². The Morgan fingerprint density at radius 2 is 2.21 bits per heavy atom. The molecule has 0 aromatic heterocycles. The molecule has 0 unspecified atom stereocenters. The molecule has 19 heavy (non-hydrogen) atoms. The van der Waals surface area contributed by atoms with Gasteiger partial charge in [0.1, 0.15) is 12.4 Å². The van der Waals surface area contributed by atoms with Crippen molar-refractivity contribution in [2.24, 2.45) is 5.92 Å². The first kappa shape index (κ1) is 12.2. The molecule has 1 saturated carbocycles. The quantitative estimate of drug-likeness (QED) is 0.846. The molecule has 0 atom stereocenters. The molecule has 1 aliphatic carbocycles. The summed E-state index contributed by atoms with van der Waals surface area (Å²) in [7, 11) is 0. The number of carbonyl (C=O) groups excluding carboxylic acids is 2. The molecule has 100 valence electrons. The largest absolute Gasteiger partial charge is 0.491 e. The van der Waals surface area contributed by atoms with Crippen LogP contribution >= 0.6 is 0 Å². The van der Waals surface area contributed by atoms with Crippen molar-refractivity contribution in [3.8, 4) is 5.75 Å². The summed E-state index contributed by atoms with van der Waals surface area (Å²) < 4.78 is 5.47. The first-order chi connectivity index (χ1) is 9.24. The highest BCUT2D eigenvalue weighted by molar-refractivity contribution is 6.02. The van der Waals surface area contributed by atoms with Crippen molar-refractivity contribution in [1.82, 2.24) is 5.32 Å². The highest BCUT2D eigenvalue weighted by Gasteiger charge is 2.23. The van der Waals surface area contributed by atoms with Crippen LogP contribution in [0.25, 0.3) is 0 Å². The molecule has 1 heterocycles. The van der Waals surface area contributed by atoms with E-state index < -0.39 is 0 Å². The molecule has 4 nitrogen and oxygen atoms in total. The van der Waals surface area contributed by atoms with E-state index in [0.29, 0.717) is 42.4 Å². The molecular formula is C15H17NO3. The predicted octanol–water partition coefficient (Wildman–Crippen LogP) is 2.18. The van der Waals surface area contributed by atoms with E-state index in [1.165, 1.54) is 6.42 Å². The van der Waals surface area contributed by atoms with Crippen molar-refractivity contribution in [1.29, 1.82) is 0 Å². The molecular weight excluding hydrogens is 242 g/mol. The van der Waals surface area contributed by atoms with E-state index in [9.17, 15) is 9.59 Å². The first-order valence-electron chi connectivity index (χ1n) is 6.82. The molecule has 1 aromatic carbocycles. The van der Waals surface area contributed by atoms with Crippen LogP contribution in [0.15, 0.2) is 18.2 Å². The topological polar surface area (TPSA) is 55.4 Å². The second-order valence-corrected chi connectivity index (χ2v) is 5.24. The zero-order valence-corrected chi connectivity index (χ0v) is 10.8. The Bertz CT molecular complexity index is 520. The van der Waals surface area contributed by atoms with Gasteiger partial charge in [-0.25, -0.2) is 0 Å². The second kappa shape index (κ2) is 5.03. The van der Waals surface area contributed by atoms with Gasteiger partial charge in [0, 0.05) is 12.0 Å². The molecule has 4 heteroatoms. The van der Waals surface area contributed by atoms with Gasteiger partial charge in [-0.2, -0.15) is 0 Å². The number of rotatable bonds is 3. The van der Waals surface area contributed by atoms with Crippen LogP contribution in [0.1, 0.15) is 46.4 Å². The molecule has 0 spiro atoms. The number of Topliss-reactive ketones (excluding diaryl/α,β-unsaturated/α-hetero) is 1. The lowest BCUT2D eigenvalue weighted by Gasteiger charge is -2.24. The minimum absolute atomic E-state index is 0.129. The Balaban J connectivity index is 1.82.